The number of amides is 1. The maximum Gasteiger partial charge on any atom is 0.260 e. The number of para-hydroxylation sites is 1. The van der Waals surface area contributed by atoms with Crippen LogP contribution in [-0.2, 0) is 11.2 Å². The van der Waals surface area contributed by atoms with E-state index < -0.39 is 0 Å². The maximum atomic E-state index is 12.7. The zero-order valence-corrected chi connectivity index (χ0v) is 18.4. The highest BCUT2D eigenvalue weighted by Gasteiger charge is 2.33. The molecule has 4 rings (SSSR count). The number of hydrogen-bond donors (Lipinski definition) is 0. The van der Waals surface area contributed by atoms with E-state index >= 15 is 0 Å². The van der Waals surface area contributed by atoms with Gasteiger partial charge in [0.2, 0.25) is 5.95 Å². The zero-order valence-electron chi connectivity index (χ0n) is 17.6. The molecule has 0 spiro atoms. The van der Waals surface area contributed by atoms with Crippen LogP contribution in [0.15, 0.2) is 30.6 Å². The third-order valence-corrected chi connectivity index (χ3v) is 5.89. The number of carbonyl (C=O) groups is 1. The number of likely N-dealkylation sites (tertiary alicyclic amines) is 1. The van der Waals surface area contributed by atoms with Gasteiger partial charge in [0.25, 0.3) is 5.91 Å². The molecule has 1 aromatic carbocycles. The summed E-state index contributed by atoms with van der Waals surface area (Å²) >= 11 is 5.87. The summed E-state index contributed by atoms with van der Waals surface area (Å²) in [6.45, 7) is 5.49. The first-order chi connectivity index (χ1) is 14.3. The van der Waals surface area contributed by atoms with Gasteiger partial charge >= 0.3 is 0 Å². The van der Waals surface area contributed by atoms with Crippen molar-refractivity contribution in [2.75, 3.05) is 31.6 Å². The van der Waals surface area contributed by atoms with Crippen LogP contribution in [0.3, 0.4) is 0 Å². The smallest absolute Gasteiger partial charge is 0.260 e. The van der Waals surface area contributed by atoms with E-state index in [0.717, 1.165) is 30.6 Å². The normalized spacial score (nSPS) is 17.9. The third kappa shape index (κ3) is 4.46. The van der Waals surface area contributed by atoms with Crippen LogP contribution in [0, 0.1) is 0 Å². The van der Waals surface area contributed by atoms with E-state index in [4.69, 9.17) is 21.1 Å². The van der Waals surface area contributed by atoms with E-state index in [1.54, 1.807) is 12.4 Å². The Balaban J connectivity index is 1.29. The first kappa shape index (κ1) is 20.7. The fourth-order valence-electron chi connectivity index (χ4n) is 4.09. The first-order valence-electron chi connectivity index (χ1n) is 10.2. The number of hydrogen-bond acceptors (Lipinski definition) is 6. The Morgan fingerprint density at radius 2 is 2.00 bits per heavy atom. The predicted octanol–water partition coefficient (Wildman–Crippen LogP) is 3.35. The second-order valence-corrected chi connectivity index (χ2v) is 8.93. The van der Waals surface area contributed by atoms with Gasteiger partial charge in [0.1, 0.15) is 5.60 Å². The summed E-state index contributed by atoms with van der Waals surface area (Å²) in [5.41, 5.74) is 0.881. The molecule has 2 aromatic rings. The summed E-state index contributed by atoms with van der Waals surface area (Å²) in [4.78, 5) is 25.2. The van der Waals surface area contributed by atoms with Crippen molar-refractivity contribution in [2.24, 2.45) is 0 Å². The molecule has 2 aliphatic heterocycles. The predicted molar refractivity (Wildman–Crippen MR) is 115 cm³/mol. The lowest BCUT2D eigenvalue weighted by molar-refractivity contribution is -0.134. The number of aromatic nitrogens is 2. The molecule has 1 aromatic heterocycles. The molecule has 0 bridgehead atoms. The summed E-state index contributed by atoms with van der Waals surface area (Å²) in [5.74, 6) is 2.04. The fraction of sp³-hybridized carbons (Fsp3) is 0.500. The van der Waals surface area contributed by atoms with E-state index in [0.29, 0.717) is 29.8 Å². The van der Waals surface area contributed by atoms with Gasteiger partial charge in [-0.05, 0) is 32.8 Å². The van der Waals surface area contributed by atoms with Crippen LogP contribution in [0.1, 0.15) is 32.3 Å². The number of carbonyl (C=O) groups excluding carboxylic acids is 1. The standard InChI is InChI=1S/C22H27ClN4O3/c1-22(2)11-15-5-4-6-18(20(15)30-22)29-14-19(28)27-9-7-17(8-10-27)26(3)21-24-12-16(23)13-25-21/h4-6,12-13,17H,7-11,14H2,1-3H3. The fourth-order valence-corrected chi connectivity index (χ4v) is 4.18. The Hall–Kier alpha value is -2.54. The van der Waals surface area contributed by atoms with Crippen LogP contribution in [0.5, 0.6) is 11.5 Å². The molecule has 1 saturated heterocycles. The quantitative estimate of drug-likeness (QED) is 0.724. The molecule has 1 fully saturated rings. The first-order valence-corrected chi connectivity index (χ1v) is 10.6. The second kappa shape index (κ2) is 8.30. The van der Waals surface area contributed by atoms with E-state index in [-0.39, 0.29) is 24.2 Å². The van der Waals surface area contributed by atoms with Crippen LogP contribution in [0.2, 0.25) is 5.02 Å². The molecule has 0 atom stereocenters. The highest BCUT2D eigenvalue weighted by Crippen LogP contribution is 2.41. The molecule has 3 heterocycles. The molecule has 0 radical (unpaired) electrons. The molecule has 160 valence electrons. The Bertz CT molecular complexity index is 911. The van der Waals surface area contributed by atoms with Crippen LogP contribution in [-0.4, -0.2) is 59.2 Å². The number of piperidine rings is 1. The van der Waals surface area contributed by atoms with Crippen molar-refractivity contribution in [2.45, 2.75) is 44.8 Å². The second-order valence-electron chi connectivity index (χ2n) is 8.50. The molecule has 1 amide bonds. The van der Waals surface area contributed by atoms with Crippen LogP contribution in [0.4, 0.5) is 5.95 Å². The molecule has 7 nitrogen and oxygen atoms in total. The lowest BCUT2D eigenvalue weighted by Crippen LogP contribution is -2.47. The minimum Gasteiger partial charge on any atom is -0.483 e. The van der Waals surface area contributed by atoms with Gasteiger partial charge in [0, 0.05) is 38.2 Å². The topological polar surface area (TPSA) is 67.8 Å². The Labute approximate surface area is 182 Å². The average Bonchev–Trinajstić information content (AvgIpc) is 3.06. The summed E-state index contributed by atoms with van der Waals surface area (Å²) in [6, 6.07) is 6.14. The molecule has 0 aliphatic carbocycles. The monoisotopic (exact) mass is 430 g/mol. The minimum absolute atomic E-state index is 0.00583. The number of anilines is 1. The van der Waals surface area contributed by atoms with E-state index in [1.165, 1.54) is 0 Å². The largest absolute Gasteiger partial charge is 0.483 e. The number of ether oxygens (including phenoxy) is 2. The number of benzene rings is 1. The van der Waals surface area contributed by atoms with Gasteiger partial charge in [-0.2, -0.15) is 0 Å². The summed E-state index contributed by atoms with van der Waals surface area (Å²) < 4.78 is 11.9. The number of halogens is 1. The van der Waals surface area contributed by atoms with Crippen molar-refractivity contribution in [1.82, 2.24) is 14.9 Å². The minimum atomic E-state index is -0.243. The zero-order chi connectivity index (χ0) is 21.3. The van der Waals surface area contributed by atoms with Gasteiger partial charge in [0.05, 0.1) is 17.4 Å². The molecular formula is C22H27ClN4O3. The van der Waals surface area contributed by atoms with E-state index in [2.05, 4.69) is 28.7 Å². The Morgan fingerprint density at radius 1 is 1.30 bits per heavy atom. The van der Waals surface area contributed by atoms with Crippen molar-refractivity contribution in [3.63, 3.8) is 0 Å². The highest BCUT2D eigenvalue weighted by molar-refractivity contribution is 6.30. The molecule has 2 aliphatic rings. The van der Waals surface area contributed by atoms with Crippen molar-refractivity contribution < 1.29 is 14.3 Å². The summed E-state index contributed by atoms with van der Waals surface area (Å²) in [6.07, 6.45) is 5.74. The summed E-state index contributed by atoms with van der Waals surface area (Å²) in [7, 11) is 1.98. The molecule has 30 heavy (non-hydrogen) atoms. The van der Waals surface area contributed by atoms with Crippen molar-refractivity contribution in [3.05, 3.63) is 41.2 Å². The van der Waals surface area contributed by atoms with Gasteiger partial charge in [-0.1, -0.05) is 23.7 Å². The molecule has 8 heteroatoms. The van der Waals surface area contributed by atoms with Crippen molar-refractivity contribution >= 4 is 23.5 Å². The van der Waals surface area contributed by atoms with Crippen LogP contribution < -0.4 is 14.4 Å². The average molecular weight is 431 g/mol. The van der Waals surface area contributed by atoms with Gasteiger partial charge in [-0.25, -0.2) is 9.97 Å². The molecule has 0 unspecified atom stereocenters. The number of nitrogens with zero attached hydrogens (tertiary/aromatic N) is 4. The highest BCUT2D eigenvalue weighted by atomic mass is 35.5. The molecule has 0 saturated carbocycles. The molecular weight excluding hydrogens is 404 g/mol. The molecule has 0 N–H and O–H groups in total. The van der Waals surface area contributed by atoms with E-state index in [9.17, 15) is 4.79 Å². The number of fused-ring (bicyclic) bond motifs is 1. The lowest BCUT2D eigenvalue weighted by atomic mass is 10.0. The van der Waals surface area contributed by atoms with Gasteiger partial charge in [-0.15, -0.1) is 0 Å². The SMILES string of the molecule is CN(c1ncc(Cl)cn1)C1CCN(C(=O)COc2cccc3c2OC(C)(C)C3)CC1. The summed E-state index contributed by atoms with van der Waals surface area (Å²) in [5, 5.41) is 0.519. The van der Waals surface area contributed by atoms with Crippen molar-refractivity contribution in [1.29, 1.82) is 0 Å². The van der Waals surface area contributed by atoms with Gasteiger partial charge in [0.15, 0.2) is 18.1 Å². The Morgan fingerprint density at radius 3 is 2.70 bits per heavy atom. The maximum absolute atomic E-state index is 12.7. The third-order valence-electron chi connectivity index (χ3n) is 5.69. The van der Waals surface area contributed by atoms with E-state index in [1.807, 2.05) is 30.1 Å². The lowest BCUT2D eigenvalue weighted by Gasteiger charge is -2.36. The van der Waals surface area contributed by atoms with Crippen molar-refractivity contribution in [3.8, 4) is 11.5 Å². The number of rotatable bonds is 5. The van der Waals surface area contributed by atoms with Gasteiger partial charge < -0.3 is 19.3 Å². The van der Waals surface area contributed by atoms with Crippen LogP contribution in [0.25, 0.3) is 0 Å². The Kier molecular flexibility index (Phi) is 5.73. The van der Waals surface area contributed by atoms with Crippen LogP contribution >= 0.6 is 11.6 Å². The van der Waals surface area contributed by atoms with Gasteiger partial charge in [-0.3, -0.25) is 4.79 Å².